The van der Waals surface area contributed by atoms with Crippen LogP contribution in [-0.4, -0.2) is 9.97 Å². The van der Waals surface area contributed by atoms with Gasteiger partial charge in [0.05, 0.1) is 5.69 Å². The summed E-state index contributed by atoms with van der Waals surface area (Å²) >= 11 is 3.24. The maximum absolute atomic E-state index is 13.9. The number of hydrazine groups is 1. The minimum atomic E-state index is -0.349. The summed E-state index contributed by atoms with van der Waals surface area (Å²) in [5.41, 5.74) is 3.70. The zero-order valence-corrected chi connectivity index (χ0v) is 13.0. The molecule has 7 heteroatoms. The second kappa shape index (κ2) is 5.57. The minimum absolute atomic E-state index is 0.349. The van der Waals surface area contributed by atoms with Crippen LogP contribution in [0.25, 0.3) is 0 Å². The van der Waals surface area contributed by atoms with Gasteiger partial charge < -0.3 is 10.7 Å². The van der Waals surface area contributed by atoms with Crippen LogP contribution in [0.2, 0.25) is 0 Å². The average Bonchev–Trinajstić information content (AvgIpc) is 3.28. The lowest BCUT2D eigenvalue weighted by Gasteiger charge is -2.14. The van der Waals surface area contributed by atoms with E-state index in [0.717, 1.165) is 24.2 Å². The molecule has 1 aromatic heterocycles. The van der Waals surface area contributed by atoms with E-state index in [0.29, 0.717) is 27.7 Å². The van der Waals surface area contributed by atoms with Gasteiger partial charge in [-0.3, -0.25) is 0 Å². The second-order valence-corrected chi connectivity index (χ2v) is 5.99. The number of nitrogen functional groups attached to an aromatic ring is 1. The van der Waals surface area contributed by atoms with Crippen molar-refractivity contribution in [3.05, 3.63) is 39.9 Å². The molecule has 0 amide bonds. The number of nitrogens with two attached hydrogens (primary N) is 1. The van der Waals surface area contributed by atoms with Crippen molar-refractivity contribution in [2.75, 3.05) is 10.7 Å². The van der Waals surface area contributed by atoms with Gasteiger partial charge in [0, 0.05) is 16.0 Å². The molecule has 0 aliphatic heterocycles. The number of rotatable bonds is 4. The smallest absolute Gasteiger partial charge is 0.148 e. The summed E-state index contributed by atoms with van der Waals surface area (Å²) in [5.74, 6) is 7.41. The van der Waals surface area contributed by atoms with Crippen LogP contribution in [0.15, 0.2) is 22.7 Å². The van der Waals surface area contributed by atoms with Crippen molar-refractivity contribution >= 4 is 33.3 Å². The van der Waals surface area contributed by atoms with Crippen LogP contribution in [-0.2, 0) is 0 Å². The van der Waals surface area contributed by atoms with Gasteiger partial charge in [-0.05, 0) is 38.0 Å². The van der Waals surface area contributed by atoms with Crippen molar-refractivity contribution in [1.29, 1.82) is 0 Å². The highest BCUT2D eigenvalue weighted by molar-refractivity contribution is 9.10. The highest BCUT2D eigenvalue weighted by Gasteiger charge is 2.28. The zero-order valence-electron chi connectivity index (χ0n) is 11.5. The molecule has 1 saturated carbocycles. The molecule has 1 heterocycles. The fourth-order valence-electron chi connectivity index (χ4n) is 2.04. The molecule has 0 spiro atoms. The van der Waals surface area contributed by atoms with E-state index >= 15 is 0 Å². The van der Waals surface area contributed by atoms with Crippen LogP contribution in [0, 0.1) is 12.7 Å². The number of nitrogens with one attached hydrogen (secondary N) is 2. The largest absolute Gasteiger partial charge is 0.337 e. The van der Waals surface area contributed by atoms with Gasteiger partial charge in [0.2, 0.25) is 0 Å². The van der Waals surface area contributed by atoms with Gasteiger partial charge in [0.15, 0.2) is 0 Å². The Morgan fingerprint density at radius 1 is 1.29 bits per heavy atom. The van der Waals surface area contributed by atoms with E-state index in [4.69, 9.17) is 5.84 Å². The van der Waals surface area contributed by atoms with Gasteiger partial charge in [-0.15, -0.1) is 0 Å². The summed E-state index contributed by atoms with van der Waals surface area (Å²) in [4.78, 5) is 8.91. The molecule has 110 valence electrons. The summed E-state index contributed by atoms with van der Waals surface area (Å²) < 4.78 is 14.6. The molecule has 0 unspecified atom stereocenters. The molecule has 0 saturated heterocycles. The molecule has 21 heavy (non-hydrogen) atoms. The minimum Gasteiger partial charge on any atom is -0.337 e. The summed E-state index contributed by atoms with van der Waals surface area (Å²) in [7, 11) is 0. The predicted octanol–water partition coefficient (Wildman–Crippen LogP) is 3.59. The molecule has 2 aromatic rings. The lowest BCUT2D eigenvalue weighted by atomic mass is 10.2. The summed E-state index contributed by atoms with van der Waals surface area (Å²) in [6.07, 6.45) is 2.16. The molecular formula is C14H15BrFN5. The van der Waals surface area contributed by atoms with Crippen molar-refractivity contribution in [2.24, 2.45) is 5.84 Å². The van der Waals surface area contributed by atoms with E-state index in [9.17, 15) is 4.39 Å². The molecule has 3 rings (SSSR count). The number of halogens is 2. The highest BCUT2D eigenvalue weighted by atomic mass is 79.9. The van der Waals surface area contributed by atoms with E-state index < -0.39 is 0 Å². The lowest BCUT2D eigenvalue weighted by Crippen LogP contribution is -2.14. The monoisotopic (exact) mass is 351 g/mol. The Morgan fingerprint density at radius 2 is 2.00 bits per heavy atom. The van der Waals surface area contributed by atoms with Crippen LogP contribution in [0.4, 0.5) is 21.7 Å². The van der Waals surface area contributed by atoms with E-state index in [-0.39, 0.29) is 5.82 Å². The Morgan fingerprint density at radius 3 is 2.62 bits per heavy atom. The van der Waals surface area contributed by atoms with Crippen LogP contribution in [0.5, 0.6) is 0 Å². The summed E-state index contributed by atoms with van der Waals surface area (Å²) in [6.45, 7) is 1.84. The topological polar surface area (TPSA) is 75.9 Å². The lowest BCUT2D eigenvalue weighted by molar-refractivity contribution is 0.631. The molecular weight excluding hydrogens is 337 g/mol. The van der Waals surface area contributed by atoms with Crippen LogP contribution >= 0.6 is 15.9 Å². The van der Waals surface area contributed by atoms with Crippen molar-refractivity contribution < 1.29 is 4.39 Å². The Bertz CT molecular complexity index is 687. The predicted molar refractivity (Wildman–Crippen MR) is 83.9 cm³/mol. The average molecular weight is 352 g/mol. The molecule has 4 N–H and O–H groups in total. The highest BCUT2D eigenvalue weighted by Crippen LogP contribution is 2.39. The van der Waals surface area contributed by atoms with Gasteiger partial charge >= 0.3 is 0 Å². The molecule has 1 aliphatic carbocycles. The molecule has 5 nitrogen and oxygen atoms in total. The summed E-state index contributed by atoms with van der Waals surface area (Å²) in [5, 5.41) is 3.02. The number of aromatic nitrogens is 2. The third-order valence-electron chi connectivity index (χ3n) is 3.43. The van der Waals surface area contributed by atoms with E-state index in [1.807, 2.05) is 6.92 Å². The van der Waals surface area contributed by atoms with Gasteiger partial charge in [-0.25, -0.2) is 20.2 Å². The number of benzene rings is 1. The van der Waals surface area contributed by atoms with Crippen molar-refractivity contribution in [1.82, 2.24) is 9.97 Å². The maximum atomic E-state index is 13.9. The molecule has 0 radical (unpaired) electrons. The van der Waals surface area contributed by atoms with Gasteiger partial charge in [0.25, 0.3) is 0 Å². The van der Waals surface area contributed by atoms with Crippen LogP contribution < -0.4 is 16.6 Å². The number of hydrogen-bond donors (Lipinski definition) is 3. The standard InChI is InChI=1S/C14H15BrFN5/c1-7-12(18-11-5-4-9(15)6-10(11)16)19-14(8-2-3-8)20-13(7)21-17/h4-6,8H,2-3,17H2,1H3,(H2,18,19,20,21). The van der Waals surface area contributed by atoms with Gasteiger partial charge in [0.1, 0.15) is 23.3 Å². The van der Waals surface area contributed by atoms with Crippen LogP contribution in [0.3, 0.4) is 0 Å². The number of anilines is 3. The zero-order chi connectivity index (χ0) is 15.0. The first-order valence-electron chi connectivity index (χ1n) is 6.65. The fraction of sp³-hybridized carbons (Fsp3) is 0.286. The van der Waals surface area contributed by atoms with Gasteiger partial charge in [-0.2, -0.15) is 0 Å². The first-order valence-corrected chi connectivity index (χ1v) is 7.45. The molecule has 0 atom stereocenters. The van der Waals surface area contributed by atoms with E-state index in [2.05, 4.69) is 36.6 Å². The van der Waals surface area contributed by atoms with Gasteiger partial charge in [-0.1, -0.05) is 15.9 Å². The van der Waals surface area contributed by atoms with Crippen molar-refractivity contribution in [2.45, 2.75) is 25.7 Å². The maximum Gasteiger partial charge on any atom is 0.148 e. The fourth-order valence-corrected chi connectivity index (χ4v) is 2.37. The van der Waals surface area contributed by atoms with Crippen molar-refractivity contribution in [3.8, 4) is 0 Å². The number of nitrogens with zero attached hydrogens (tertiary/aromatic N) is 2. The normalized spacial score (nSPS) is 14.1. The molecule has 1 aromatic carbocycles. The molecule has 0 bridgehead atoms. The Hall–Kier alpha value is -1.73. The Balaban J connectivity index is 1.98. The number of hydrogen-bond acceptors (Lipinski definition) is 5. The summed E-state index contributed by atoms with van der Waals surface area (Å²) in [6, 6.07) is 4.84. The second-order valence-electron chi connectivity index (χ2n) is 5.07. The molecule has 1 fully saturated rings. The Labute approximate surface area is 130 Å². The first kappa shape index (κ1) is 14.2. The first-order chi connectivity index (χ1) is 10.1. The third-order valence-corrected chi connectivity index (χ3v) is 3.92. The Kier molecular flexibility index (Phi) is 3.77. The van der Waals surface area contributed by atoms with Crippen LogP contribution in [0.1, 0.15) is 30.1 Å². The third kappa shape index (κ3) is 2.98. The SMILES string of the molecule is Cc1c(NN)nc(C2CC2)nc1Nc1ccc(Br)cc1F. The van der Waals surface area contributed by atoms with E-state index in [1.54, 1.807) is 12.1 Å². The molecule has 1 aliphatic rings. The van der Waals surface area contributed by atoms with E-state index in [1.165, 1.54) is 6.07 Å². The quantitative estimate of drug-likeness (QED) is 0.579. The van der Waals surface area contributed by atoms with Crippen molar-refractivity contribution in [3.63, 3.8) is 0 Å².